The number of benzene rings is 1. The average molecular weight is 286 g/mol. The molecule has 0 spiro atoms. The van der Waals surface area contributed by atoms with Crippen molar-refractivity contribution < 1.29 is 13.2 Å². The van der Waals surface area contributed by atoms with Gasteiger partial charge in [0.2, 0.25) is 0 Å². The maximum atomic E-state index is 12.7. The van der Waals surface area contributed by atoms with Gasteiger partial charge in [0.05, 0.1) is 5.56 Å². The van der Waals surface area contributed by atoms with E-state index in [1.54, 1.807) is 6.07 Å². The van der Waals surface area contributed by atoms with Crippen LogP contribution >= 0.6 is 0 Å². The average Bonchev–Trinajstić information content (AvgIpc) is 2.38. The quantitative estimate of drug-likeness (QED) is 0.918. The van der Waals surface area contributed by atoms with E-state index < -0.39 is 11.7 Å². The molecule has 1 N–H and O–H groups in total. The zero-order valence-corrected chi connectivity index (χ0v) is 11.9. The Hall–Kier alpha value is -1.07. The van der Waals surface area contributed by atoms with Gasteiger partial charge in [-0.15, -0.1) is 0 Å². The summed E-state index contributed by atoms with van der Waals surface area (Å²) in [5.74, 6) is 0.480. The molecule has 1 aromatic carbocycles. The van der Waals surface area contributed by atoms with Gasteiger partial charge in [-0.25, -0.2) is 0 Å². The van der Waals surface area contributed by atoms with Crippen LogP contribution < -0.4 is 5.32 Å². The van der Waals surface area contributed by atoms with Crippen LogP contribution in [0.15, 0.2) is 24.3 Å². The topological polar surface area (TPSA) is 15.3 Å². The molecular weight excluding hydrogens is 265 g/mol. The molecule has 0 saturated carbocycles. The van der Waals surface area contributed by atoms with Gasteiger partial charge in [-0.3, -0.25) is 4.90 Å². The zero-order valence-electron chi connectivity index (χ0n) is 11.9. The normalized spacial score (nSPS) is 21.4. The molecular formula is C15H21F3N2. The van der Waals surface area contributed by atoms with Gasteiger partial charge in [0.1, 0.15) is 0 Å². The Balaban J connectivity index is 2.12. The fourth-order valence-corrected chi connectivity index (χ4v) is 2.70. The van der Waals surface area contributed by atoms with Gasteiger partial charge in [-0.2, -0.15) is 13.2 Å². The fraction of sp³-hybridized carbons (Fsp3) is 0.600. The maximum Gasteiger partial charge on any atom is 0.416 e. The highest BCUT2D eigenvalue weighted by atomic mass is 19.4. The van der Waals surface area contributed by atoms with Gasteiger partial charge in [-0.1, -0.05) is 32.0 Å². The molecule has 0 aromatic heterocycles. The van der Waals surface area contributed by atoms with Crippen LogP contribution in [0, 0.1) is 5.92 Å². The second-order valence-electron chi connectivity index (χ2n) is 5.68. The minimum Gasteiger partial charge on any atom is -0.314 e. The summed E-state index contributed by atoms with van der Waals surface area (Å²) in [4.78, 5) is 2.27. The molecule has 0 aliphatic carbocycles. The Morgan fingerprint density at radius 3 is 2.75 bits per heavy atom. The van der Waals surface area contributed by atoms with E-state index in [4.69, 9.17) is 0 Å². The molecule has 1 aliphatic heterocycles. The Kier molecular flexibility index (Phi) is 4.70. The molecule has 1 heterocycles. The molecule has 1 aliphatic rings. The number of alkyl halides is 3. The summed E-state index contributed by atoms with van der Waals surface area (Å²) in [6.07, 6.45) is -4.27. The van der Waals surface area contributed by atoms with Crippen LogP contribution in [0.4, 0.5) is 13.2 Å². The lowest BCUT2D eigenvalue weighted by Gasteiger charge is -2.38. The first kappa shape index (κ1) is 15.3. The first-order valence-corrected chi connectivity index (χ1v) is 6.99. The molecule has 0 amide bonds. The zero-order chi connectivity index (χ0) is 14.8. The number of rotatable bonds is 3. The van der Waals surface area contributed by atoms with Crippen molar-refractivity contribution in [2.24, 2.45) is 5.92 Å². The largest absolute Gasteiger partial charge is 0.416 e. The third-order valence-corrected chi connectivity index (χ3v) is 3.81. The third kappa shape index (κ3) is 3.73. The molecule has 2 nitrogen and oxygen atoms in total. The van der Waals surface area contributed by atoms with Crippen molar-refractivity contribution in [2.45, 2.75) is 32.6 Å². The summed E-state index contributed by atoms with van der Waals surface area (Å²) < 4.78 is 38.2. The fourth-order valence-electron chi connectivity index (χ4n) is 2.70. The first-order valence-electron chi connectivity index (χ1n) is 6.99. The van der Waals surface area contributed by atoms with Crippen LogP contribution in [0.1, 0.15) is 25.0 Å². The molecule has 1 fully saturated rings. The Labute approximate surface area is 118 Å². The molecule has 0 bridgehead atoms. The number of piperazine rings is 1. The second-order valence-corrected chi connectivity index (χ2v) is 5.68. The SMILES string of the molecule is CC(C)C1CNCCN1Cc1cccc(C(F)(F)F)c1. The van der Waals surface area contributed by atoms with Crippen LogP contribution in [0.2, 0.25) is 0 Å². The smallest absolute Gasteiger partial charge is 0.314 e. The van der Waals surface area contributed by atoms with Crippen LogP contribution in [0.3, 0.4) is 0 Å². The summed E-state index contributed by atoms with van der Waals surface area (Å²) in [5.41, 5.74) is 0.165. The highest BCUT2D eigenvalue weighted by Gasteiger charge is 2.31. The standard InChI is InChI=1S/C15H21F3N2/c1-11(2)14-9-19-6-7-20(14)10-12-4-3-5-13(8-12)15(16,17)18/h3-5,8,11,14,19H,6-7,9-10H2,1-2H3. The third-order valence-electron chi connectivity index (χ3n) is 3.81. The molecule has 1 saturated heterocycles. The minimum absolute atomic E-state index is 0.373. The lowest BCUT2D eigenvalue weighted by atomic mass is 9.99. The van der Waals surface area contributed by atoms with E-state index in [-0.39, 0.29) is 0 Å². The van der Waals surface area contributed by atoms with Crippen molar-refractivity contribution in [3.63, 3.8) is 0 Å². The summed E-state index contributed by atoms with van der Waals surface area (Å²) in [6, 6.07) is 6.03. The Bertz CT molecular complexity index is 443. The predicted octanol–water partition coefficient (Wildman–Crippen LogP) is 3.14. The molecule has 1 aromatic rings. The molecule has 5 heteroatoms. The van der Waals surface area contributed by atoms with E-state index >= 15 is 0 Å². The number of hydrogen-bond donors (Lipinski definition) is 1. The van der Waals surface area contributed by atoms with Crippen molar-refractivity contribution in [1.82, 2.24) is 10.2 Å². The lowest BCUT2D eigenvalue weighted by molar-refractivity contribution is -0.137. The van der Waals surface area contributed by atoms with Crippen molar-refractivity contribution in [1.29, 1.82) is 0 Å². The van der Waals surface area contributed by atoms with Crippen molar-refractivity contribution in [3.8, 4) is 0 Å². The molecule has 0 radical (unpaired) electrons. The van der Waals surface area contributed by atoms with E-state index in [0.717, 1.165) is 31.3 Å². The summed E-state index contributed by atoms with van der Waals surface area (Å²) in [5, 5.41) is 3.35. The van der Waals surface area contributed by atoms with Gasteiger partial charge < -0.3 is 5.32 Å². The van der Waals surface area contributed by atoms with Crippen molar-refractivity contribution >= 4 is 0 Å². The van der Waals surface area contributed by atoms with E-state index in [2.05, 4.69) is 24.1 Å². The number of nitrogens with one attached hydrogen (secondary N) is 1. The second kappa shape index (κ2) is 6.14. The van der Waals surface area contributed by atoms with Crippen LogP contribution in [-0.2, 0) is 12.7 Å². The maximum absolute atomic E-state index is 12.7. The summed E-state index contributed by atoms with van der Waals surface area (Å²) >= 11 is 0. The predicted molar refractivity (Wildman–Crippen MR) is 73.3 cm³/mol. The van der Waals surface area contributed by atoms with E-state index in [1.807, 2.05) is 0 Å². The van der Waals surface area contributed by atoms with Crippen molar-refractivity contribution in [2.75, 3.05) is 19.6 Å². The monoisotopic (exact) mass is 286 g/mol. The lowest BCUT2D eigenvalue weighted by Crippen LogP contribution is -2.52. The summed E-state index contributed by atoms with van der Waals surface area (Å²) in [7, 11) is 0. The number of nitrogens with zero attached hydrogens (tertiary/aromatic N) is 1. The van der Waals surface area contributed by atoms with Crippen LogP contribution in [-0.4, -0.2) is 30.6 Å². The van der Waals surface area contributed by atoms with E-state index in [1.165, 1.54) is 12.1 Å². The van der Waals surface area contributed by atoms with E-state index in [0.29, 0.717) is 18.5 Å². The molecule has 2 rings (SSSR count). The van der Waals surface area contributed by atoms with Gasteiger partial charge in [0, 0.05) is 32.2 Å². The Morgan fingerprint density at radius 1 is 1.35 bits per heavy atom. The highest BCUT2D eigenvalue weighted by molar-refractivity contribution is 5.25. The number of hydrogen-bond acceptors (Lipinski definition) is 2. The molecule has 20 heavy (non-hydrogen) atoms. The van der Waals surface area contributed by atoms with Crippen molar-refractivity contribution in [3.05, 3.63) is 35.4 Å². The first-order chi connectivity index (χ1) is 9.38. The molecule has 112 valence electrons. The number of halogens is 3. The van der Waals surface area contributed by atoms with Gasteiger partial charge >= 0.3 is 6.18 Å². The molecule has 1 atom stereocenters. The van der Waals surface area contributed by atoms with Gasteiger partial charge in [-0.05, 0) is 17.5 Å². The van der Waals surface area contributed by atoms with E-state index in [9.17, 15) is 13.2 Å². The summed E-state index contributed by atoms with van der Waals surface area (Å²) in [6.45, 7) is 7.54. The Morgan fingerprint density at radius 2 is 2.10 bits per heavy atom. The van der Waals surface area contributed by atoms with Crippen LogP contribution in [0.25, 0.3) is 0 Å². The highest BCUT2D eigenvalue weighted by Crippen LogP contribution is 2.30. The van der Waals surface area contributed by atoms with Crippen LogP contribution in [0.5, 0.6) is 0 Å². The van der Waals surface area contributed by atoms with Gasteiger partial charge in [0.15, 0.2) is 0 Å². The van der Waals surface area contributed by atoms with Gasteiger partial charge in [0.25, 0.3) is 0 Å². The molecule has 1 unspecified atom stereocenters. The minimum atomic E-state index is -4.27.